The van der Waals surface area contributed by atoms with Gasteiger partial charge < -0.3 is 9.16 Å². The summed E-state index contributed by atoms with van der Waals surface area (Å²) in [5, 5.41) is 2.44. The lowest BCUT2D eigenvalue weighted by Gasteiger charge is -2.43. The second-order valence-corrected chi connectivity index (χ2v) is 23.9. The Balaban J connectivity index is 1.91. The van der Waals surface area contributed by atoms with Gasteiger partial charge in [-0.05, 0) is 38.5 Å². The van der Waals surface area contributed by atoms with Gasteiger partial charge in [0.2, 0.25) is 0 Å². The van der Waals surface area contributed by atoms with Crippen LogP contribution >= 0.6 is 0 Å². The quantitative estimate of drug-likeness (QED) is 0.221. The van der Waals surface area contributed by atoms with Crippen LogP contribution < -0.4 is 10.4 Å². The molecule has 0 aliphatic carbocycles. The second kappa shape index (κ2) is 13.5. The maximum absolute atomic E-state index is 13.5. The number of ketones is 1. The first kappa shape index (κ1) is 33.5. The maximum atomic E-state index is 13.5. The Bertz CT molecular complexity index is 1130. The number of carbonyl (C=O) groups excluding carboxylic acids is 1. The maximum Gasteiger partial charge on any atom is 0.261 e. The van der Waals surface area contributed by atoms with Crippen molar-refractivity contribution in [2.75, 3.05) is 6.61 Å². The summed E-state index contributed by atoms with van der Waals surface area (Å²) in [6.45, 7) is 25.4. The highest BCUT2D eigenvalue weighted by Crippen LogP contribution is 2.41. The van der Waals surface area contributed by atoms with Gasteiger partial charge in [0.15, 0.2) is 0 Å². The second-order valence-electron chi connectivity index (χ2n) is 14.0. The molecule has 1 saturated heterocycles. The molecule has 1 heterocycles. The fourth-order valence-corrected chi connectivity index (χ4v) is 17.2. The fourth-order valence-electron chi connectivity index (χ4n) is 7.37. The highest BCUT2D eigenvalue weighted by atomic mass is 28.4. The molecule has 0 N–H and O–H groups in total. The number of ether oxygens (including phenoxy) is 1. The zero-order valence-corrected chi connectivity index (χ0v) is 29.5. The van der Waals surface area contributed by atoms with E-state index in [1.165, 1.54) is 10.4 Å². The molecule has 2 aromatic carbocycles. The summed E-state index contributed by atoms with van der Waals surface area (Å²) in [6.07, 6.45) is 0.104. The standard InChI is InChI=1S/C36H54O3Si2/c1-26(2)40(27(3)4,28(5)6)25-23-34-30(8)35(37)29(7)33(39-34)22-24-38-41(36(9,10)11,31-18-14-12-15-19-31)32-20-16-13-17-21-32/h12-21,26-30,33-34H,22,24H2,1-11H3/t29-,30-,33+,34-/m0/s1. The first-order valence-corrected chi connectivity index (χ1v) is 19.8. The number of rotatable bonds is 9. The Morgan fingerprint density at radius 3 is 1.68 bits per heavy atom. The van der Waals surface area contributed by atoms with Gasteiger partial charge in [-0.3, -0.25) is 4.79 Å². The van der Waals surface area contributed by atoms with Gasteiger partial charge in [-0.15, -0.1) is 5.54 Å². The Labute approximate surface area is 253 Å². The molecule has 0 spiro atoms. The van der Waals surface area contributed by atoms with Crippen molar-refractivity contribution in [3.8, 4) is 11.5 Å². The molecule has 3 rings (SSSR count). The highest BCUT2D eigenvalue weighted by Gasteiger charge is 2.50. The first-order valence-electron chi connectivity index (χ1n) is 15.7. The molecule has 0 aromatic heterocycles. The minimum absolute atomic E-state index is 0.0917. The summed E-state index contributed by atoms with van der Waals surface area (Å²) < 4.78 is 13.8. The summed E-state index contributed by atoms with van der Waals surface area (Å²) in [4.78, 5) is 13.5. The summed E-state index contributed by atoms with van der Waals surface area (Å²) in [5.41, 5.74) is 5.44. The van der Waals surface area contributed by atoms with Crippen LogP contribution in [0.4, 0.5) is 0 Å². The zero-order valence-electron chi connectivity index (χ0n) is 27.5. The molecule has 4 atom stereocenters. The van der Waals surface area contributed by atoms with Gasteiger partial charge >= 0.3 is 0 Å². The normalized spacial score (nSPS) is 22.2. The molecule has 0 amide bonds. The molecule has 1 aliphatic heterocycles. The van der Waals surface area contributed by atoms with E-state index in [9.17, 15) is 4.79 Å². The van der Waals surface area contributed by atoms with E-state index in [0.717, 1.165) is 0 Å². The Kier molecular flexibility index (Phi) is 11.1. The molecule has 224 valence electrons. The third-order valence-electron chi connectivity index (χ3n) is 9.67. The molecule has 0 radical (unpaired) electrons. The van der Waals surface area contributed by atoms with Gasteiger partial charge in [0.25, 0.3) is 8.32 Å². The van der Waals surface area contributed by atoms with Crippen molar-refractivity contribution in [1.29, 1.82) is 0 Å². The van der Waals surface area contributed by atoms with Crippen molar-refractivity contribution >= 4 is 32.5 Å². The summed E-state index contributed by atoms with van der Waals surface area (Å²) in [7, 11) is -4.56. The molecule has 41 heavy (non-hydrogen) atoms. The molecule has 0 bridgehead atoms. The van der Waals surface area contributed by atoms with Crippen molar-refractivity contribution in [3.63, 3.8) is 0 Å². The Morgan fingerprint density at radius 2 is 1.27 bits per heavy atom. The van der Waals surface area contributed by atoms with E-state index in [2.05, 4.69) is 134 Å². The monoisotopic (exact) mass is 590 g/mol. The lowest BCUT2D eigenvalue weighted by Crippen LogP contribution is -2.66. The molecular weight excluding hydrogens is 537 g/mol. The minimum atomic E-state index is -2.64. The molecule has 2 aromatic rings. The minimum Gasteiger partial charge on any atom is -0.407 e. The predicted octanol–water partition coefficient (Wildman–Crippen LogP) is 7.78. The Hall–Kier alpha value is -1.98. The van der Waals surface area contributed by atoms with Crippen LogP contribution in [0.3, 0.4) is 0 Å². The summed E-state index contributed by atoms with van der Waals surface area (Å²) in [6, 6.07) is 21.4. The number of hydrogen-bond donors (Lipinski definition) is 0. The van der Waals surface area contributed by atoms with E-state index in [4.69, 9.17) is 9.16 Å². The molecule has 0 saturated carbocycles. The van der Waals surface area contributed by atoms with E-state index in [1.54, 1.807) is 0 Å². The number of benzene rings is 2. The lowest BCUT2D eigenvalue weighted by atomic mass is 9.83. The third-order valence-corrected chi connectivity index (χ3v) is 21.0. The van der Waals surface area contributed by atoms with E-state index < -0.39 is 16.4 Å². The largest absolute Gasteiger partial charge is 0.407 e. The average molecular weight is 591 g/mol. The van der Waals surface area contributed by atoms with Crippen molar-refractivity contribution in [2.24, 2.45) is 11.8 Å². The highest BCUT2D eigenvalue weighted by molar-refractivity contribution is 6.99. The molecule has 3 nitrogen and oxygen atoms in total. The molecule has 0 unspecified atom stereocenters. The van der Waals surface area contributed by atoms with Gasteiger partial charge in [0.05, 0.1) is 12.0 Å². The molecule has 5 heteroatoms. The lowest BCUT2D eigenvalue weighted by molar-refractivity contribution is -0.150. The van der Waals surface area contributed by atoms with Crippen LogP contribution in [0.5, 0.6) is 0 Å². The van der Waals surface area contributed by atoms with Crippen molar-refractivity contribution in [2.45, 2.75) is 116 Å². The van der Waals surface area contributed by atoms with Gasteiger partial charge in [-0.2, -0.15) is 0 Å². The van der Waals surface area contributed by atoms with Gasteiger partial charge in [-0.1, -0.05) is 143 Å². The third kappa shape index (κ3) is 6.67. The van der Waals surface area contributed by atoms with Gasteiger partial charge in [-0.25, -0.2) is 0 Å². The van der Waals surface area contributed by atoms with E-state index in [-0.39, 0.29) is 34.9 Å². The van der Waals surface area contributed by atoms with Crippen molar-refractivity contribution in [3.05, 3.63) is 60.7 Å². The summed E-state index contributed by atoms with van der Waals surface area (Å²) >= 11 is 0. The molecular formula is C36H54O3Si2. The van der Waals surface area contributed by atoms with Crippen molar-refractivity contribution < 1.29 is 14.0 Å². The van der Waals surface area contributed by atoms with Crippen LogP contribution in [0.25, 0.3) is 0 Å². The van der Waals surface area contributed by atoms with Crippen LogP contribution in [-0.4, -0.2) is 41.0 Å². The molecule has 1 fully saturated rings. The SMILES string of the molecule is CC(C)[Si](C#C[C@@H]1O[C@H](CCO[Si](c2ccccc2)(c2ccccc2)C(C)(C)C)[C@H](C)C(=O)[C@H]1C)(C(C)C)C(C)C. The van der Waals surface area contributed by atoms with Crippen molar-refractivity contribution in [1.82, 2.24) is 0 Å². The molecule has 1 aliphatic rings. The predicted molar refractivity (Wildman–Crippen MR) is 179 cm³/mol. The van der Waals surface area contributed by atoms with Crippen LogP contribution in [0, 0.1) is 23.3 Å². The number of carbonyl (C=O) groups is 1. The average Bonchev–Trinajstić information content (AvgIpc) is 2.91. The smallest absolute Gasteiger partial charge is 0.261 e. The van der Waals surface area contributed by atoms with Crippen LogP contribution in [0.15, 0.2) is 60.7 Å². The van der Waals surface area contributed by atoms with E-state index in [1.807, 2.05) is 13.8 Å². The number of hydrogen-bond acceptors (Lipinski definition) is 3. The van der Waals surface area contributed by atoms with E-state index >= 15 is 0 Å². The fraction of sp³-hybridized carbons (Fsp3) is 0.583. The van der Waals surface area contributed by atoms with Crippen LogP contribution in [-0.2, 0) is 14.0 Å². The van der Waals surface area contributed by atoms with Gasteiger partial charge in [0.1, 0.15) is 20.0 Å². The van der Waals surface area contributed by atoms with E-state index in [0.29, 0.717) is 29.7 Å². The summed E-state index contributed by atoms with van der Waals surface area (Å²) in [5.74, 6) is 3.43. The van der Waals surface area contributed by atoms with Gasteiger partial charge in [0, 0.05) is 12.5 Å². The first-order chi connectivity index (χ1) is 19.2. The topological polar surface area (TPSA) is 35.5 Å². The Morgan fingerprint density at radius 1 is 0.805 bits per heavy atom. The van der Waals surface area contributed by atoms with Crippen LogP contribution in [0.2, 0.25) is 21.7 Å². The zero-order chi connectivity index (χ0) is 30.6. The van der Waals surface area contributed by atoms with Crippen LogP contribution in [0.1, 0.15) is 82.6 Å². The number of Topliss-reactive ketones (excluding diaryl/α,β-unsaturated/α-hetero) is 1.